The molecule has 1 N–H and O–H groups in total. The van der Waals surface area contributed by atoms with Crippen LogP contribution >= 0.6 is 0 Å². The zero-order chi connectivity index (χ0) is 19.0. The minimum absolute atomic E-state index is 0.131. The van der Waals surface area contributed by atoms with Gasteiger partial charge in [0.2, 0.25) is 0 Å². The number of rotatable bonds is 4. The third kappa shape index (κ3) is 3.21. The van der Waals surface area contributed by atoms with E-state index in [1.165, 1.54) is 0 Å². The molecule has 4 aromatic rings. The molecule has 1 unspecified atom stereocenters. The van der Waals surface area contributed by atoms with Crippen molar-refractivity contribution in [1.29, 1.82) is 0 Å². The second-order valence-corrected chi connectivity index (χ2v) is 6.59. The molecule has 0 radical (unpaired) electrons. The van der Waals surface area contributed by atoms with Crippen LogP contribution < -0.4 is 5.32 Å². The summed E-state index contributed by atoms with van der Waals surface area (Å²) in [6, 6.07) is 12.9. The Kier molecular flexibility index (Phi) is 4.24. The smallest absolute Gasteiger partial charge is 0.251 e. The van der Waals surface area contributed by atoms with E-state index in [4.69, 9.17) is 4.42 Å². The van der Waals surface area contributed by atoms with Crippen molar-refractivity contribution in [2.45, 2.75) is 26.8 Å². The third-order valence-corrected chi connectivity index (χ3v) is 4.63. The van der Waals surface area contributed by atoms with Gasteiger partial charge in [-0.3, -0.25) is 4.79 Å². The van der Waals surface area contributed by atoms with Crippen LogP contribution in [-0.2, 0) is 0 Å². The number of hydrogen-bond acceptors (Lipinski definition) is 4. The number of aryl methyl sites for hydroxylation is 1. The quantitative estimate of drug-likeness (QED) is 0.594. The van der Waals surface area contributed by atoms with Gasteiger partial charge in [0.25, 0.3) is 5.91 Å². The number of pyridine rings is 1. The number of carbonyl (C=O) groups is 1. The summed E-state index contributed by atoms with van der Waals surface area (Å²) in [5.74, 6) is 1.45. The molecule has 136 valence electrons. The van der Waals surface area contributed by atoms with E-state index in [0.29, 0.717) is 5.56 Å². The maximum absolute atomic E-state index is 12.7. The van der Waals surface area contributed by atoms with Crippen LogP contribution in [-0.4, -0.2) is 20.7 Å². The predicted octanol–water partition coefficient (Wildman–Crippen LogP) is 4.12. The summed E-state index contributed by atoms with van der Waals surface area (Å²) >= 11 is 0. The lowest BCUT2D eigenvalue weighted by Gasteiger charge is -2.14. The predicted molar refractivity (Wildman–Crippen MR) is 103 cm³/mol. The molecule has 1 aromatic carbocycles. The van der Waals surface area contributed by atoms with Gasteiger partial charge < -0.3 is 9.73 Å². The minimum Gasteiger partial charge on any atom is -0.461 e. The lowest BCUT2D eigenvalue weighted by molar-refractivity contribution is 0.0940. The number of carbonyl (C=O) groups excluding carboxylic acids is 1. The van der Waals surface area contributed by atoms with Crippen LogP contribution in [0.25, 0.3) is 16.8 Å². The van der Waals surface area contributed by atoms with Crippen molar-refractivity contribution in [3.8, 4) is 5.82 Å². The highest BCUT2D eigenvalue weighted by molar-refractivity contribution is 5.98. The van der Waals surface area contributed by atoms with Gasteiger partial charge in [-0.1, -0.05) is 6.07 Å². The molecule has 3 aromatic heterocycles. The SMILES string of the molecule is Cc1cc2cc(C(=O)NC(C)c3cnn(-c4ccccn4)c3C)ccc2o1. The van der Waals surface area contributed by atoms with Crippen LogP contribution in [0.5, 0.6) is 0 Å². The summed E-state index contributed by atoms with van der Waals surface area (Å²) in [4.78, 5) is 17.0. The highest BCUT2D eigenvalue weighted by Gasteiger charge is 2.18. The van der Waals surface area contributed by atoms with E-state index in [1.54, 1.807) is 23.1 Å². The van der Waals surface area contributed by atoms with Gasteiger partial charge >= 0.3 is 0 Å². The van der Waals surface area contributed by atoms with Crippen LogP contribution in [0, 0.1) is 13.8 Å². The van der Waals surface area contributed by atoms with Crippen LogP contribution in [0.15, 0.2) is 59.3 Å². The molecule has 6 nitrogen and oxygen atoms in total. The van der Waals surface area contributed by atoms with E-state index in [0.717, 1.165) is 33.8 Å². The monoisotopic (exact) mass is 360 g/mol. The molecule has 6 heteroatoms. The summed E-state index contributed by atoms with van der Waals surface area (Å²) in [5, 5.41) is 8.39. The maximum atomic E-state index is 12.7. The van der Waals surface area contributed by atoms with Crippen molar-refractivity contribution in [2.24, 2.45) is 0 Å². The fourth-order valence-corrected chi connectivity index (χ4v) is 3.23. The zero-order valence-electron chi connectivity index (χ0n) is 15.4. The van der Waals surface area contributed by atoms with Crippen molar-refractivity contribution in [1.82, 2.24) is 20.1 Å². The molecule has 0 aliphatic heterocycles. The molecule has 0 saturated carbocycles. The summed E-state index contributed by atoms with van der Waals surface area (Å²) < 4.78 is 7.34. The van der Waals surface area contributed by atoms with E-state index in [1.807, 2.05) is 57.2 Å². The van der Waals surface area contributed by atoms with E-state index in [-0.39, 0.29) is 11.9 Å². The van der Waals surface area contributed by atoms with Gasteiger partial charge in [0, 0.05) is 28.4 Å². The Morgan fingerprint density at radius 2 is 2.04 bits per heavy atom. The van der Waals surface area contributed by atoms with Crippen LogP contribution in [0.2, 0.25) is 0 Å². The van der Waals surface area contributed by atoms with Crippen molar-refractivity contribution in [3.05, 3.63) is 77.4 Å². The van der Waals surface area contributed by atoms with Gasteiger partial charge in [-0.15, -0.1) is 0 Å². The first-order chi connectivity index (χ1) is 13.0. The molecule has 0 saturated heterocycles. The maximum Gasteiger partial charge on any atom is 0.251 e. The van der Waals surface area contributed by atoms with E-state index < -0.39 is 0 Å². The lowest BCUT2D eigenvalue weighted by Crippen LogP contribution is -2.26. The second kappa shape index (κ2) is 6.72. The average molecular weight is 360 g/mol. The Bertz CT molecular complexity index is 1110. The van der Waals surface area contributed by atoms with Crippen molar-refractivity contribution in [2.75, 3.05) is 0 Å². The Labute approximate surface area is 156 Å². The van der Waals surface area contributed by atoms with Crippen LogP contribution in [0.3, 0.4) is 0 Å². The molecule has 0 spiro atoms. The first-order valence-corrected chi connectivity index (χ1v) is 8.80. The molecule has 27 heavy (non-hydrogen) atoms. The molecule has 4 rings (SSSR count). The Morgan fingerprint density at radius 3 is 2.81 bits per heavy atom. The number of amides is 1. The molecular weight excluding hydrogens is 340 g/mol. The summed E-state index contributed by atoms with van der Waals surface area (Å²) in [5.41, 5.74) is 3.28. The van der Waals surface area contributed by atoms with Gasteiger partial charge in [0.1, 0.15) is 11.3 Å². The van der Waals surface area contributed by atoms with Crippen molar-refractivity contribution in [3.63, 3.8) is 0 Å². The Balaban J connectivity index is 1.55. The molecular formula is C21H20N4O2. The van der Waals surface area contributed by atoms with Gasteiger partial charge in [0.05, 0.1) is 12.2 Å². The summed E-state index contributed by atoms with van der Waals surface area (Å²) in [6.07, 6.45) is 3.51. The van der Waals surface area contributed by atoms with E-state index in [9.17, 15) is 4.79 Å². The van der Waals surface area contributed by atoms with Crippen LogP contribution in [0.1, 0.15) is 40.3 Å². The lowest BCUT2D eigenvalue weighted by atomic mass is 10.1. The van der Waals surface area contributed by atoms with Crippen molar-refractivity contribution >= 4 is 16.9 Å². The normalized spacial score (nSPS) is 12.3. The first kappa shape index (κ1) is 17.0. The van der Waals surface area contributed by atoms with Gasteiger partial charge in [0.15, 0.2) is 5.82 Å². The number of nitrogens with one attached hydrogen (secondary N) is 1. The average Bonchev–Trinajstić information content (AvgIpc) is 3.23. The van der Waals surface area contributed by atoms with E-state index in [2.05, 4.69) is 15.4 Å². The number of fused-ring (bicyclic) bond motifs is 1. The second-order valence-electron chi connectivity index (χ2n) is 6.59. The van der Waals surface area contributed by atoms with Gasteiger partial charge in [-0.25, -0.2) is 9.67 Å². The molecule has 1 atom stereocenters. The zero-order valence-corrected chi connectivity index (χ0v) is 15.4. The topological polar surface area (TPSA) is 73.0 Å². The minimum atomic E-state index is -0.184. The number of nitrogens with zero attached hydrogens (tertiary/aromatic N) is 3. The number of furan rings is 1. The number of benzene rings is 1. The molecule has 0 aliphatic rings. The van der Waals surface area contributed by atoms with Gasteiger partial charge in [-0.05, 0) is 57.2 Å². The van der Waals surface area contributed by atoms with Crippen molar-refractivity contribution < 1.29 is 9.21 Å². The Morgan fingerprint density at radius 1 is 1.19 bits per heavy atom. The van der Waals surface area contributed by atoms with Crippen LogP contribution in [0.4, 0.5) is 0 Å². The first-order valence-electron chi connectivity index (χ1n) is 8.80. The molecule has 0 bridgehead atoms. The van der Waals surface area contributed by atoms with Gasteiger partial charge in [-0.2, -0.15) is 5.10 Å². The molecule has 0 fully saturated rings. The van der Waals surface area contributed by atoms with E-state index >= 15 is 0 Å². The summed E-state index contributed by atoms with van der Waals surface area (Å²) in [6.45, 7) is 5.81. The molecule has 1 amide bonds. The molecule has 3 heterocycles. The fraction of sp³-hybridized carbons (Fsp3) is 0.190. The molecule has 0 aliphatic carbocycles. The Hall–Kier alpha value is -3.41. The standard InChI is InChI=1S/C21H20N4O2/c1-13-10-17-11-16(7-8-19(17)27-13)21(26)24-14(2)18-12-23-25(15(18)3)20-6-4-5-9-22-20/h4-12,14H,1-3H3,(H,24,26). The number of hydrogen-bond donors (Lipinski definition) is 1. The fourth-order valence-electron chi connectivity index (χ4n) is 3.23. The largest absolute Gasteiger partial charge is 0.461 e. The number of aromatic nitrogens is 3. The third-order valence-electron chi connectivity index (χ3n) is 4.63. The highest BCUT2D eigenvalue weighted by atomic mass is 16.3. The highest BCUT2D eigenvalue weighted by Crippen LogP contribution is 2.22. The summed E-state index contributed by atoms with van der Waals surface area (Å²) in [7, 11) is 0.